The third-order valence-corrected chi connectivity index (χ3v) is 4.12. The summed E-state index contributed by atoms with van der Waals surface area (Å²) in [4.78, 5) is 0. The highest BCUT2D eigenvalue weighted by atomic mass is 32.2. The van der Waals surface area contributed by atoms with Gasteiger partial charge in [-0.25, -0.2) is 0 Å². The average Bonchev–Trinajstić information content (AvgIpc) is 2.38. The Kier molecular flexibility index (Phi) is 5.67. The smallest absolute Gasteiger partial charge is 0.0991 e. The molecule has 3 nitrogen and oxygen atoms in total. The van der Waals surface area contributed by atoms with E-state index in [2.05, 4.69) is 31.5 Å². The van der Waals surface area contributed by atoms with Gasteiger partial charge in [0.25, 0.3) is 0 Å². The van der Waals surface area contributed by atoms with Gasteiger partial charge in [-0.05, 0) is 37.8 Å². The van der Waals surface area contributed by atoms with Crippen LogP contribution in [0.5, 0.6) is 0 Å². The second kappa shape index (κ2) is 6.79. The number of nitriles is 1. The molecule has 1 aromatic rings. The van der Waals surface area contributed by atoms with Gasteiger partial charge in [0.1, 0.15) is 0 Å². The fourth-order valence-corrected chi connectivity index (χ4v) is 1.73. The molecule has 0 heterocycles. The molecule has 0 bridgehead atoms. The van der Waals surface area contributed by atoms with E-state index in [0.717, 1.165) is 12.1 Å². The molecule has 1 unspecified atom stereocenters. The first kappa shape index (κ1) is 15.0. The number of nitrogens with zero attached hydrogens (tertiary/aromatic N) is 1. The number of aliphatic hydroxyl groups excluding tert-OH is 1. The van der Waals surface area contributed by atoms with Crippen LogP contribution in [0.4, 0.5) is 0 Å². The molecular formula is C14H20N2OS. The molecule has 0 saturated carbocycles. The summed E-state index contributed by atoms with van der Waals surface area (Å²) in [7, 11) is 0. The zero-order valence-corrected chi connectivity index (χ0v) is 11.9. The molecular weight excluding hydrogens is 244 g/mol. The zero-order valence-electron chi connectivity index (χ0n) is 11.1. The van der Waals surface area contributed by atoms with E-state index in [1.807, 2.05) is 0 Å². The van der Waals surface area contributed by atoms with Crippen LogP contribution in [0.3, 0.4) is 0 Å². The second-order valence-electron chi connectivity index (χ2n) is 4.84. The van der Waals surface area contributed by atoms with Crippen molar-refractivity contribution in [3.05, 3.63) is 35.4 Å². The first-order valence-electron chi connectivity index (χ1n) is 5.92. The van der Waals surface area contributed by atoms with E-state index in [1.54, 1.807) is 36.0 Å². The standard InChI is InChI=1S/C14H20N2OS/c1-14(2,18-3)10-16-9-13(17)12-6-4-11(8-15)5-7-12/h4-7,13,16-17H,9-10H2,1-3H3. The van der Waals surface area contributed by atoms with Crippen molar-refractivity contribution < 1.29 is 5.11 Å². The highest BCUT2D eigenvalue weighted by Gasteiger charge is 2.16. The minimum atomic E-state index is -0.532. The number of hydrogen-bond donors (Lipinski definition) is 2. The van der Waals surface area contributed by atoms with Gasteiger partial charge >= 0.3 is 0 Å². The Bertz CT molecular complexity index is 409. The molecule has 0 aliphatic carbocycles. The van der Waals surface area contributed by atoms with Gasteiger partial charge in [-0.15, -0.1) is 0 Å². The molecule has 0 amide bonds. The van der Waals surface area contributed by atoms with Crippen LogP contribution in [0, 0.1) is 11.3 Å². The molecule has 0 fully saturated rings. The fourth-order valence-electron chi connectivity index (χ4n) is 1.48. The maximum absolute atomic E-state index is 10.0. The summed E-state index contributed by atoms with van der Waals surface area (Å²) in [5.74, 6) is 0. The summed E-state index contributed by atoms with van der Waals surface area (Å²) in [6.45, 7) is 5.70. The van der Waals surface area contributed by atoms with Crippen LogP contribution >= 0.6 is 11.8 Å². The van der Waals surface area contributed by atoms with Crippen molar-refractivity contribution >= 4 is 11.8 Å². The van der Waals surface area contributed by atoms with Gasteiger partial charge in [-0.2, -0.15) is 17.0 Å². The van der Waals surface area contributed by atoms with Crippen LogP contribution in [-0.2, 0) is 0 Å². The van der Waals surface area contributed by atoms with E-state index in [9.17, 15) is 5.11 Å². The van der Waals surface area contributed by atoms with Crippen molar-refractivity contribution in [2.45, 2.75) is 24.7 Å². The Morgan fingerprint density at radius 3 is 2.50 bits per heavy atom. The Morgan fingerprint density at radius 1 is 1.39 bits per heavy atom. The Hall–Kier alpha value is -1.02. The normalized spacial score (nSPS) is 13.1. The largest absolute Gasteiger partial charge is 0.387 e. The lowest BCUT2D eigenvalue weighted by Gasteiger charge is -2.23. The molecule has 4 heteroatoms. The van der Waals surface area contributed by atoms with Crippen molar-refractivity contribution in [2.75, 3.05) is 19.3 Å². The summed E-state index contributed by atoms with van der Waals surface area (Å²) in [5.41, 5.74) is 1.45. The third-order valence-electron chi connectivity index (χ3n) is 2.87. The molecule has 0 spiro atoms. The minimum absolute atomic E-state index is 0.171. The van der Waals surface area contributed by atoms with E-state index in [0.29, 0.717) is 12.1 Å². The zero-order chi connectivity index (χ0) is 13.6. The number of benzene rings is 1. The van der Waals surface area contributed by atoms with E-state index < -0.39 is 6.10 Å². The lowest BCUT2D eigenvalue weighted by atomic mass is 10.1. The highest BCUT2D eigenvalue weighted by Crippen LogP contribution is 2.20. The Morgan fingerprint density at radius 2 is 2.00 bits per heavy atom. The van der Waals surface area contributed by atoms with Crippen molar-refractivity contribution in [2.24, 2.45) is 0 Å². The lowest BCUT2D eigenvalue weighted by Crippen LogP contribution is -2.34. The molecule has 0 saturated heterocycles. The van der Waals surface area contributed by atoms with Gasteiger partial charge in [-0.1, -0.05) is 12.1 Å². The Labute approximate surface area is 113 Å². The molecule has 1 aromatic carbocycles. The first-order valence-corrected chi connectivity index (χ1v) is 7.15. The van der Waals surface area contributed by atoms with Gasteiger partial charge in [-0.3, -0.25) is 0 Å². The second-order valence-corrected chi connectivity index (χ2v) is 6.36. The predicted molar refractivity (Wildman–Crippen MR) is 76.6 cm³/mol. The average molecular weight is 264 g/mol. The van der Waals surface area contributed by atoms with Gasteiger partial charge in [0.15, 0.2) is 0 Å². The van der Waals surface area contributed by atoms with Crippen molar-refractivity contribution in [3.63, 3.8) is 0 Å². The van der Waals surface area contributed by atoms with Crippen LogP contribution in [0.15, 0.2) is 24.3 Å². The van der Waals surface area contributed by atoms with Crippen LogP contribution in [0.25, 0.3) is 0 Å². The maximum Gasteiger partial charge on any atom is 0.0991 e. The molecule has 1 rings (SSSR count). The fraction of sp³-hybridized carbons (Fsp3) is 0.500. The van der Waals surface area contributed by atoms with Gasteiger partial charge in [0.05, 0.1) is 17.7 Å². The summed E-state index contributed by atoms with van der Waals surface area (Å²) >= 11 is 1.80. The maximum atomic E-state index is 10.0. The van der Waals surface area contributed by atoms with Gasteiger partial charge in [0, 0.05) is 17.8 Å². The Balaban J connectivity index is 2.45. The van der Waals surface area contributed by atoms with Gasteiger partial charge in [0.2, 0.25) is 0 Å². The highest BCUT2D eigenvalue weighted by molar-refractivity contribution is 7.99. The van der Waals surface area contributed by atoms with Crippen molar-refractivity contribution in [1.82, 2.24) is 5.32 Å². The van der Waals surface area contributed by atoms with Crippen LogP contribution < -0.4 is 5.32 Å². The number of aliphatic hydroxyl groups is 1. The molecule has 98 valence electrons. The summed E-state index contributed by atoms with van der Waals surface area (Å²) in [6.07, 6.45) is 1.55. The van der Waals surface area contributed by atoms with Crippen LogP contribution in [0.1, 0.15) is 31.1 Å². The lowest BCUT2D eigenvalue weighted by molar-refractivity contribution is 0.174. The number of nitrogens with one attached hydrogen (secondary N) is 1. The quantitative estimate of drug-likeness (QED) is 0.828. The van der Waals surface area contributed by atoms with E-state index in [1.165, 1.54) is 0 Å². The van der Waals surface area contributed by atoms with Crippen LogP contribution in [0.2, 0.25) is 0 Å². The molecule has 0 aliphatic heterocycles. The van der Waals surface area contributed by atoms with Gasteiger partial charge < -0.3 is 10.4 Å². The molecule has 18 heavy (non-hydrogen) atoms. The topological polar surface area (TPSA) is 56.0 Å². The van der Waals surface area contributed by atoms with Crippen molar-refractivity contribution in [1.29, 1.82) is 5.26 Å². The molecule has 0 aromatic heterocycles. The predicted octanol–water partition coefficient (Wildman–Crippen LogP) is 2.32. The summed E-state index contributed by atoms with van der Waals surface area (Å²) in [6, 6.07) is 9.11. The first-order chi connectivity index (χ1) is 8.48. The van der Waals surface area contributed by atoms with Crippen molar-refractivity contribution in [3.8, 4) is 6.07 Å². The molecule has 0 aliphatic rings. The van der Waals surface area contributed by atoms with E-state index in [-0.39, 0.29) is 4.75 Å². The van der Waals surface area contributed by atoms with E-state index in [4.69, 9.17) is 5.26 Å². The SMILES string of the molecule is CSC(C)(C)CNCC(O)c1ccc(C#N)cc1. The van der Waals surface area contributed by atoms with Crippen LogP contribution in [-0.4, -0.2) is 29.2 Å². The minimum Gasteiger partial charge on any atom is -0.387 e. The van der Waals surface area contributed by atoms with E-state index >= 15 is 0 Å². The molecule has 1 atom stereocenters. The molecule has 0 radical (unpaired) electrons. The summed E-state index contributed by atoms with van der Waals surface area (Å²) < 4.78 is 0.171. The number of thioether (sulfide) groups is 1. The third kappa shape index (κ3) is 4.69. The molecule has 2 N–H and O–H groups in total. The number of hydrogen-bond acceptors (Lipinski definition) is 4. The summed E-state index contributed by atoms with van der Waals surface area (Å²) in [5, 5.41) is 22.0. The number of rotatable bonds is 6. The monoisotopic (exact) mass is 264 g/mol.